The number of hydrogen-bond donors (Lipinski definition) is 1. The third kappa shape index (κ3) is 2.25. The van der Waals surface area contributed by atoms with Gasteiger partial charge in [-0.15, -0.1) is 0 Å². The first-order valence-corrected chi connectivity index (χ1v) is 7.08. The molecular weight excluding hydrogens is 289 g/mol. The minimum absolute atomic E-state index is 0.0995. The van der Waals surface area contributed by atoms with E-state index in [1.807, 2.05) is 18.4 Å². The number of anilines is 1. The van der Waals surface area contributed by atoms with E-state index in [0.717, 1.165) is 11.0 Å². The first kappa shape index (κ1) is 13.9. The molecule has 0 atom stereocenters. The number of hydrogen-bond acceptors (Lipinski definition) is 2. The van der Waals surface area contributed by atoms with Crippen molar-refractivity contribution in [1.82, 2.24) is 9.55 Å². The molecule has 3 rings (SSSR count). The molecule has 21 heavy (non-hydrogen) atoms. The lowest BCUT2D eigenvalue weighted by Gasteiger charge is -2.15. The van der Waals surface area contributed by atoms with Crippen molar-refractivity contribution in [3.63, 3.8) is 0 Å². The monoisotopic (exact) mass is 303 g/mol. The summed E-state index contributed by atoms with van der Waals surface area (Å²) < 4.78 is 15.5. The van der Waals surface area contributed by atoms with Crippen LogP contribution in [0.1, 0.15) is 19.9 Å². The van der Waals surface area contributed by atoms with Crippen LogP contribution in [0.3, 0.4) is 0 Å². The highest BCUT2D eigenvalue weighted by molar-refractivity contribution is 6.33. The number of fused-ring (bicyclic) bond motifs is 1. The van der Waals surface area contributed by atoms with Gasteiger partial charge in [-0.3, -0.25) is 0 Å². The molecule has 0 unspecified atom stereocenters. The van der Waals surface area contributed by atoms with Crippen molar-refractivity contribution >= 4 is 28.3 Å². The van der Waals surface area contributed by atoms with E-state index < -0.39 is 0 Å². The van der Waals surface area contributed by atoms with Crippen molar-refractivity contribution in [3.05, 3.63) is 47.2 Å². The van der Waals surface area contributed by atoms with Crippen LogP contribution in [0.2, 0.25) is 5.02 Å². The predicted molar refractivity (Wildman–Crippen MR) is 84.9 cm³/mol. The van der Waals surface area contributed by atoms with Gasteiger partial charge in [-0.25, -0.2) is 9.37 Å². The molecule has 0 aliphatic rings. The Kier molecular flexibility index (Phi) is 3.33. The molecule has 0 aliphatic heterocycles. The molecule has 2 N–H and O–H groups in total. The number of benzene rings is 2. The van der Waals surface area contributed by atoms with E-state index in [2.05, 4.69) is 4.98 Å². The number of nitrogens with zero attached hydrogens (tertiary/aromatic N) is 2. The lowest BCUT2D eigenvalue weighted by Crippen LogP contribution is -2.05. The first-order chi connectivity index (χ1) is 9.99. The molecule has 0 fully saturated rings. The molecule has 1 aromatic heterocycles. The quantitative estimate of drug-likeness (QED) is 0.700. The minimum atomic E-state index is -0.289. The molecule has 0 saturated carbocycles. The van der Waals surface area contributed by atoms with Crippen molar-refractivity contribution in [2.75, 3.05) is 5.73 Å². The second-order valence-electron chi connectivity index (χ2n) is 5.24. The molecular formula is C16H15ClFN3. The average Bonchev–Trinajstić information content (AvgIpc) is 2.76. The third-order valence-electron chi connectivity index (χ3n) is 3.44. The van der Waals surface area contributed by atoms with E-state index in [0.29, 0.717) is 22.1 Å². The standard InChI is InChI=1S/C16H15ClFN3/c1-9(2)21-14-8-10(18)6-7-13(14)20-16(21)15-11(17)4-3-5-12(15)19/h3-9H,19H2,1-2H3. The largest absolute Gasteiger partial charge is 0.398 e. The zero-order valence-corrected chi connectivity index (χ0v) is 12.5. The summed E-state index contributed by atoms with van der Waals surface area (Å²) in [4.78, 5) is 4.60. The fourth-order valence-corrected chi connectivity index (χ4v) is 2.81. The molecule has 0 radical (unpaired) electrons. The molecule has 3 nitrogen and oxygen atoms in total. The van der Waals surface area contributed by atoms with Gasteiger partial charge in [0.05, 0.1) is 21.6 Å². The maximum Gasteiger partial charge on any atom is 0.144 e. The Balaban J connectivity index is 2.40. The maximum absolute atomic E-state index is 13.6. The third-order valence-corrected chi connectivity index (χ3v) is 3.75. The van der Waals surface area contributed by atoms with Crippen LogP contribution in [0, 0.1) is 5.82 Å². The molecule has 0 aliphatic carbocycles. The Labute approximate surface area is 127 Å². The number of imidazole rings is 1. The maximum atomic E-state index is 13.6. The molecule has 0 spiro atoms. The summed E-state index contributed by atoms with van der Waals surface area (Å²) in [6.07, 6.45) is 0. The van der Waals surface area contributed by atoms with Gasteiger partial charge >= 0.3 is 0 Å². The number of nitrogen functional groups attached to an aromatic ring is 1. The lowest BCUT2D eigenvalue weighted by atomic mass is 10.1. The summed E-state index contributed by atoms with van der Waals surface area (Å²) in [5, 5.41) is 0.535. The molecule has 0 saturated heterocycles. The zero-order valence-electron chi connectivity index (χ0n) is 11.8. The molecule has 2 aromatic carbocycles. The minimum Gasteiger partial charge on any atom is -0.398 e. The summed E-state index contributed by atoms with van der Waals surface area (Å²) in [5.74, 6) is 0.372. The SMILES string of the molecule is CC(C)n1c(-c2c(N)cccc2Cl)nc2ccc(F)cc21. The Bertz CT molecular complexity index is 803. The normalized spacial score (nSPS) is 11.5. The van der Waals surface area contributed by atoms with Gasteiger partial charge in [-0.05, 0) is 44.2 Å². The van der Waals surface area contributed by atoms with E-state index >= 15 is 0 Å². The van der Waals surface area contributed by atoms with Gasteiger partial charge in [0.15, 0.2) is 0 Å². The predicted octanol–water partition coefficient (Wildman–Crippen LogP) is 4.66. The van der Waals surface area contributed by atoms with Gasteiger partial charge in [0.25, 0.3) is 0 Å². The highest BCUT2D eigenvalue weighted by Gasteiger charge is 2.19. The molecule has 1 heterocycles. The van der Waals surface area contributed by atoms with Gasteiger partial charge in [0.1, 0.15) is 11.6 Å². The summed E-state index contributed by atoms with van der Waals surface area (Å²) in [7, 11) is 0. The van der Waals surface area contributed by atoms with Crippen LogP contribution in [0.15, 0.2) is 36.4 Å². The van der Waals surface area contributed by atoms with Gasteiger partial charge < -0.3 is 10.3 Å². The molecule has 0 amide bonds. The van der Waals surface area contributed by atoms with E-state index in [1.54, 1.807) is 24.3 Å². The smallest absolute Gasteiger partial charge is 0.144 e. The zero-order chi connectivity index (χ0) is 15.1. The molecule has 5 heteroatoms. The van der Waals surface area contributed by atoms with Gasteiger partial charge in [-0.2, -0.15) is 0 Å². The second kappa shape index (κ2) is 5.04. The van der Waals surface area contributed by atoms with E-state index in [-0.39, 0.29) is 11.9 Å². The summed E-state index contributed by atoms with van der Waals surface area (Å²) in [6.45, 7) is 4.03. The summed E-state index contributed by atoms with van der Waals surface area (Å²) >= 11 is 6.29. The van der Waals surface area contributed by atoms with Crippen molar-refractivity contribution in [2.45, 2.75) is 19.9 Å². The Morgan fingerprint density at radius 3 is 2.67 bits per heavy atom. The first-order valence-electron chi connectivity index (χ1n) is 6.71. The van der Waals surface area contributed by atoms with Crippen molar-refractivity contribution in [3.8, 4) is 11.4 Å². The van der Waals surface area contributed by atoms with Gasteiger partial charge in [0, 0.05) is 11.7 Å². The number of aromatic nitrogens is 2. The fraction of sp³-hybridized carbons (Fsp3) is 0.188. The number of nitrogens with two attached hydrogens (primary N) is 1. The average molecular weight is 304 g/mol. The summed E-state index contributed by atoms with van der Waals surface area (Å²) in [6, 6.07) is 10.0. The van der Waals surface area contributed by atoms with Crippen LogP contribution in [0.25, 0.3) is 22.4 Å². The van der Waals surface area contributed by atoms with Crippen LogP contribution in [0.4, 0.5) is 10.1 Å². The van der Waals surface area contributed by atoms with Crippen molar-refractivity contribution in [1.29, 1.82) is 0 Å². The molecule has 0 bridgehead atoms. The highest BCUT2D eigenvalue weighted by Crippen LogP contribution is 2.36. The fourth-order valence-electron chi connectivity index (χ4n) is 2.54. The van der Waals surface area contributed by atoms with Crippen molar-refractivity contribution < 1.29 is 4.39 Å². The van der Waals surface area contributed by atoms with Crippen LogP contribution < -0.4 is 5.73 Å². The van der Waals surface area contributed by atoms with Crippen LogP contribution in [0.5, 0.6) is 0 Å². The topological polar surface area (TPSA) is 43.8 Å². The van der Waals surface area contributed by atoms with Gasteiger partial charge in [0.2, 0.25) is 0 Å². The van der Waals surface area contributed by atoms with E-state index in [1.165, 1.54) is 12.1 Å². The van der Waals surface area contributed by atoms with Crippen molar-refractivity contribution in [2.24, 2.45) is 0 Å². The van der Waals surface area contributed by atoms with Crippen LogP contribution in [-0.4, -0.2) is 9.55 Å². The van der Waals surface area contributed by atoms with Crippen LogP contribution >= 0.6 is 11.6 Å². The van der Waals surface area contributed by atoms with Crippen LogP contribution in [-0.2, 0) is 0 Å². The Morgan fingerprint density at radius 1 is 1.24 bits per heavy atom. The lowest BCUT2D eigenvalue weighted by molar-refractivity contribution is 0.613. The number of halogens is 2. The second-order valence-corrected chi connectivity index (χ2v) is 5.64. The highest BCUT2D eigenvalue weighted by atomic mass is 35.5. The number of rotatable bonds is 2. The Morgan fingerprint density at radius 2 is 2.00 bits per heavy atom. The van der Waals surface area contributed by atoms with Gasteiger partial charge in [-0.1, -0.05) is 17.7 Å². The summed E-state index contributed by atoms with van der Waals surface area (Å²) in [5.41, 5.74) is 8.76. The molecule has 108 valence electrons. The molecule has 3 aromatic rings. The van der Waals surface area contributed by atoms with E-state index in [9.17, 15) is 4.39 Å². The Hall–Kier alpha value is -2.07. The van der Waals surface area contributed by atoms with E-state index in [4.69, 9.17) is 17.3 Å².